The van der Waals surface area contributed by atoms with Crippen LogP contribution in [0.1, 0.15) is 29.9 Å². The molecule has 0 aromatic carbocycles. The number of rotatable bonds is 2. The van der Waals surface area contributed by atoms with E-state index in [0.29, 0.717) is 5.95 Å². The van der Waals surface area contributed by atoms with Crippen molar-refractivity contribution in [3.8, 4) is 23.7 Å². The first-order valence-corrected chi connectivity index (χ1v) is 9.68. The number of hydrogen-bond acceptors (Lipinski definition) is 5. The number of aromatic nitrogens is 4. The van der Waals surface area contributed by atoms with Gasteiger partial charge in [0.1, 0.15) is 5.69 Å². The highest BCUT2D eigenvalue weighted by molar-refractivity contribution is 5.45. The summed E-state index contributed by atoms with van der Waals surface area (Å²) in [5.74, 6) is 6.87. The SMILES string of the molecule is Cc1cccc(C#CC=C2CCN(c3cnc(-n4c(C)ccc4O)nc3)CC2)n1. The third-order valence-corrected chi connectivity index (χ3v) is 5.02. The van der Waals surface area contributed by atoms with E-state index >= 15 is 0 Å². The van der Waals surface area contributed by atoms with E-state index in [1.807, 2.05) is 56.6 Å². The Hall–Kier alpha value is -3.59. The highest BCUT2D eigenvalue weighted by Crippen LogP contribution is 2.23. The average molecular weight is 385 g/mol. The van der Waals surface area contributed by atoms with Crippen LogP contribution in [0.5, 0.6) is 5.88 Å². The zero-order valence-electron chi connectivity index (χ0n) is 16.6. The van der Waals surface area contributed by atoms with Crippen molar-refractivity contribution in [2.75, 3.05) is 18.0 Å². The molecule has 0 saturated carbocycles. The van der Waals surface area contributed by atoms with Crippen LogP contribution in [0.3, 0.4) is 0 Å². The smallest absolute Gasteiger partial charge is 0.236 e. The molecule has 0 atom stereocenters. The van der Waals surface area contributed by atoms with Crippen LogP contribution < -0.4 is 4.90 Å². The Morgan fingerprint density at radius 2 is 1.79 bits per heavy atom. The molecule has 6 heteroatoms. The predicted octanol–water partition coefficient (Wildman–Crippen LogP) is 3.56. The second kappa shape index (κ2) is 8.19. The largest absolute Gasteiger partial charge is 0.494 e. The molecule has 4 rings (SSSR count). The summed E-state index contributed by atoms with van der Waals surface area (Å²) in [6.45, 7) is 5.70. The maximum Gasteiger partial charge on any atom is 0.236 e. The maximum atomic E-state index is 9.94. The van der Waals surface area contributed by atoms with Gasteiger partial charge in [-0.3, -0.25) is 4.57 Å². The highest BCUT2D eigenvalue weighted by atomic mass is 16.3. The third-order valence-electron chi connectivity index (χ3n) is 5.02. The topological polar surface area (TPSA) is 67.1 Å². The molecule has 1 aliphatic rings. The van der Waals surface area contributed by atoms with Crippen molar-refractivity contribution in [2.45, 2.75) is 26.7 Å². The van der Waals surface area contributed by atoms with Crippen molar-refractivity contribution >= 4 is 5.69 Å². The third kappa shape index (κ3) is 4.30. The summed E-state index contributed by atoms with van der Waals surface area (Å²) >= 11 is 0. The molecule has 1 aliphatic heterocycles. The van der Waals surface area contributed by atoms with Crippen molar-refractivity contribution in [1.29, 1.82) is 0 Å². The summed E-state index contributed by atoms with van der Waals surface area (Å²) in [6, 6.07) is 9.36. The number of allylic oxidation sites excluding steroid dienone is 1. The van der Waals surface area contributed by atoms with Crippen LogP contribution in [-0.2, 0) is 0 Å². The van der Waals surface area contributed by atoms with Gasteiger partial charge in [-0.2, -0.15) is 0 Å². The Kier molecular flexibility index (Phi) is 5.30. The second-order valence-electron chi connectivity index (χ2n) is 7.13. The number of piperidine rings is 1. The van der Waals surface area contributed by atoms with Crippen molar-refractivity contribution in [1.82, 2.24) is 19.5 Å². The Bertz CT molecular complexity index is 1070. The normalized spacial score (nSPS) is 13.7. The van der Waals surface area contributed by atoms with Crippen LogP contribution >= 0.6 is 0 Å². The summed E-state index contributed by atoms with van der Waals surface area (Å²) in [7, 11) is 0. The van der Waals surface area contributed by atoms with Gasteiger partial charge in [-0.15, -0.1) is 0 Å². The zero-order valence-corrected chi connectivity index (χ0v) is 16.6. The van der Waals surface area contributed by atoms with Gasteiger partial charge in [0.25, 0.3) is 0 Å². The minimum atomic E-state index is 0.143. The van der Waals surface area contributed by atoms with Gasteiger partial charge in [0.2, 0.25) is 5.95 Å². The lowest BCUT2D eigenvalue weighted by molar-refractivity contribution is 0.438. The molecule has 0 radical (unpaired) electrons. The van der Waals surface area contributed by atoms with Gasteiger partial charge in [-0.05, 0) is 56.9 Å². The first kappa shape index (κ1) is 18.8. The van der Waals surface area contributed by atoms with E-state index in [1.54, 1.807) is 10.6 Å². The lowest BCUT2D eigenvalue weighted by Gasteiger charge is -2.29. The Morgan fingerprint density at radius 1 is 1.03 bits per heavy atom. The van der Waals surface area contributed by atoms with Gasteiger partial charge in [0.05, 0.1) is 18.1 Å². The van der Waals surface area contributed by atoms with E-state index in [4.69, 9.17) is 0 Å². The quantitative estimate of drug-likeness (QED) is 0.683. The standard InChI is InChI=1S/C23H23N5O/c1-17-5-3-7-20(26-17)8-4-6-19-11-13-27(14-12-19)21-15-24-23(25-16-21)28-18(2)9-10-22(28)29/h3,5-7,9-10,15-16,29H,11-14H2,1-2H3. The van der Waals surface area contributed by atoms with E-state index in [9.17, 15) is 5.11 Å². The van der Waals surface area contributed by atoms with Gasteiger partial charge in [-0.1, -0.05) is 17.6 Å². The maximum absolute atomic E-state index is 9.94. The minimum Gasteiger partial charge on any atom is -0.494 e. The van der Waals surface area contributed by atoms with Crippen molar-refractivity contribution in [2.24, 2.45) is 0 Å². The fraction of sp³-hybridized carbons (Fsp3) is 0.261. The number of aromatic hydroxyl groups is 1. The Morgan fingerprint density at radius 3 is 2.45 bits per heavy atom. The van der Waals surface area contributed by atoms with Gasteiger partial charge < -0.3 is 10.0 Å². The summed E-state index contributed by atoms with van der Waals surface area (Å²) in [5, 5.41) is 9.94. The molecule has 3 aromatic rings. The summed E-state index contributed by atoms with van der Waals surface area (Å²) < 4.78 is 1.63. The number of aryl methyl sites for hydroxylation is 2. The monoisotopic (exact) mass is 385 g/mol. The molecular weight excluding hydrogens is 362 g/mol. The molecule has 0 aliphatic carbocycles. The summed E-state index contributed by atoms with van der Waals surface area (Å²) in [5.41, 5.74) is 5.03. The fourth-order valence-corrected chi connectivity index (χ4v) is 3.40. The van der Waals surface area contributed by atoms with Crippen LogP contribution in [0.15, 0.2) is 54.4 Å². The van der Waals surface area contributed by atoms with E-state index in [-0.39, 0.29) is 5.88 Å². The molecule has 1 saturated heterocycles. The molecule has 1 fully saturated rings. The van der Waals surface area contributed by atoms with Gasteiger partial charge in [-0.25, -0.2) is 15.0 Å². The Labute approximate surface area is 170 Å². The van der Waals surface area contributed by atoms with E-state index in [0.717, 1.165) is 48.7 Å². The summed E-state index contributed by atoms with van der Waals surface area (Å²) in [4.78, 5) is 15.5. The zero-order chi connectivity index (χ0) is 20.2. The number of hydrogen-bond donors (Lipinski definition) is 1. The van der Waals surface area contributed by atoms with Crippen molar-refractivity contribution in [3.05, 3.63) is 71.5 Å². The summed E-state index contributed by atoms with van der Waals surface area (Å²) in [6.07, 6.45) is 7.60. The molecule has 6 nitrogen and oxygen atoms in total. The predicted molar refractivity (Wildman–Crippen MR) is 113 cm³/mol. The number of pyridine rings is 1. The molecule has 0 spiro atoms. The van der Waals surface area contributed by atoms with Gasteiger partial charge in [0.15, 0.2) is 5.88 Å². The second-order valence-corrected chi connectivity index (χ2v) is 7.13. The lowest BCUT2D eigenvalue weighted by atomic mass is 10.0. The molecule has 3 aromatic heterocycles. The molecule has 0 bridgehead atoms. The molecule has 29 heavy (non-hydrogen) atoms. The molecular formula is C23H23N5O. The van der Waals surface area contributed by atoms with Gasteiger partial charge in [0, 0.05) is 30.5 Å². The Balaban J connectivity index is 1.38. The van der Waals surface area contributed by atoms with Crippen LogP contribution in [0.4, 0.5) is 5.69 Å². The lowest BCUT2D eigenvalue weighted by Crippen LogP contribution is -2.30. The van der Waals surface area contributed by atoms with Crippen molar-refractivity contribution < 1.29 is 5.11 Å². The number of anilines is 1. The molecule has 0 amide bonds. The highest BCUT2D eigenvalue weighted by Gasteiger charge is 2.16. The van der Waals surface area contributed by atoms with E-state index < -0.39 is 0 Å². The van der Waals surface area contributed by atoms with E-state index in [1.165, 1.54) is 5.57 Å². The fourth-order valence-electron chi connectivity index (χ4n) is 3.40. The van der Waals surface area contributed by atoms with Crippen LogP contribution in [-0.4, -0.2) is 37.7 Å². The van der Waals surface area contributed by atoms with Gasteiger partial charge >= 0.3 is 0 Å². The van der Waals surface area contributed by atoms with E-state index in [2.05, 4.69) is 31.7 Å². The number of nitrogens with zero attached hydrogens (tertiary/aromatic N) is 5. The molecule has 1 N–H and O–H groups in total. The average Bonchev–Trinajstić information content (AvgIpc) is 3.07. The minimum absolute atomic E-state index is 0.143. The molecule has 4 heterocycles. The first-order valence-electron chi connectivity index (χ1n) is 9.68. The molecule has 0 unspecified atom stereocenters. The van der Waals surface area contributed by atoms with Crippen LogP contribution in [0.2, 0.25) is 0 Å². The van der Waals surface area contributed by atoms with Crippen LogP contribution in [0, 0.1) is 25.7 Å². The van der Waals surface area contributed by atoms with Crippen LogP contribution in [0.25, 0.3) is 5.95 Å². The molecule has 146 valence electrons. The van der Waals surface area contributed by atoms with Crippen molar-refractivity contribution in [3.63, 3.8) is 0 Å². The first-order chi connectivity index (χ1) is 14.1.